The molecule has 2 amide bonds. The highest BCUT2D eigenvalue weighted by atomic mass is 16.3. The van der Waals surface area contributed by atoms with Crippen LogP contribution in [-0.2, 0) is 9.59 Å². The number of nitrogens with zero attached hydrogens (tertiary/aromatic N) is 1. The largest absolute Gasteiger partial charge is 0.393 e. The molecule has 1 saturated heterocycles. The van der Waals surface area contributed by atoms with E-state index >= 15 is 0 Å². The molecule has 3 fully saturated rings. The maximum absolute atomic E-state index is 12.2. The fraction of sp³-hybridized carbons (Fsp3) is 0.875. The highest BCUT2D eigenvalue weighted by Gasteiger charge is 2.38. The van der Waals surface area contributed by atoms with Crippen molar-refractivity contribution < 1.29 is 14.7 Å². The lowest BCUT2D eigenvalue weighted by molar-refractivity contribution is -0.130. The van der Waals surface area contributed by atoms with Crippen molar-refractivity contribution in [2.75, 3.05) is 13.1 Å². The standard InChI is InChI=1S/C16H26N2O3/c19-14-6-5-11(7-14)9-17-16(21)12-8-15(20)18(10-12)13-3-1-2-4-13/h11-14,19H,1-10H2,(H,17,21). The first-order valence-corrected chi connectivity index (χ1v) is 8.38. The summed E-state index contributed by atoms with van der Waals surface area (Å²) in [5, 5.41) is 12.5. The van der Waals surface area contributed by atoms with Crippen molar-refractivity contribution in [2.24, 2.45) is 11.8 Å². The van der Waals surface area contributed by atoms with Crippen molar-refractivity contribution >= 4 is 11.8 Å². The van der Waals surface area contributed by atoms with Crippen LogP contribution in [0.1, 0.15) is 51.4 Å². The van der Waals surface area contributed by atoms with Gasteiger partial charge in [0.15, 0.2) is 0 Å². The lowest BCUT2D eigenvalue weighted by Crippen LogP contribution is -2.38. The summed E-state index contributed by atoms with van der Waals surface area (Å²) in [6.07, 6.45) is 7.40. The molecule has 0 aromatic rings. The van der Waals surface area contributed by atoms with Gasteiger partial charge in [-0.05, 0) is 38.0 Å². The van der Waals surface area contributed by atoms with Crippen LogP contribution in [0.5, 0.6) is 0 Å². The molecular weight excluding hydrogens is 268 g/mol. The third-order valence-electron chi connectivity index (χ3n) is 5.37. The molecule has 118 valence electrons. The minimum Gasteiger partial charge on any atom is -0.393 e. The number of likely N-dealkylation sites (tertiary alicyclic amines) is 1. The number of aliphatic hydroxyl groups is 1. The highest BCUT2D eigenvalue weighted by molar-refractivity contribution is 5.89. The van der Waals surface area contributed by atoms with E-state index in [0.29, 0.717) is 31.5 Å². The minimum atomic E-state index is -0.196. The predicted octanol–water partition coefficient (Wildman–Crippen LogP) is 1.05. The summed E-state index contributed by atoms with van der Waals surface area (Å²) in [5.74, 6) is 0.389. The Morgan fingerprint density at radius 2 is 2.00 bits per heavy atom. The molecular formula is C16H26N2O3. The van der Waals surface area contributed by atoms with E-state index in [2.05, 4.69) is 5.32 Å². The van der Waals surface area contributed by atoms with E-state index in [9.17, 15) is 14.7 Å². The van der Waals surface area contributed by atoms with E-state index in [1.807, 2.05) is 4.90 Å². The first-order chi connectivity index (χ1) is 10.1. The zero-order valence-corrected chi connectivity index (χ0v) is 12.6. The first kappa shape index (κ1) is 14.8. The SMILES string of the molecule is O=C(NCC1CCC(O)C1)C1CC(=O)N(C2CCCC2)C1. The Kier molecular flexibility index (Phi) is 4.48. The third kappa shape index (κ3) is 3.39. The van der Waals surface area contributed by atoms with Crippen molar-refractivity contribution in [3.8, 4) is 0 Å². The zero-order chi connectivity index (χ0) is 14.8. The molecule has 0 bridgehead atoms. The van der Waals surface area contributed by atoms with Crippen LogP contribution in [0.2, 0.25) is 0 Å². The first-order valence-electron chi connectivity index (χ1n) is 8.38. The van der Waals surface area contributed by atoms with Gasteiger partial charge in [0, 0.05) is 25.6 Å². The Hall–Kier alpha value is -1.10. The van der Waals surface area contributed by atoms with Crippen LogP contribution in [0.25, 0.3) is 0 Å². The second-order valence-corrected chi connectivity index (χ2v) is 6.96. The van der Waals surface area contributed by atoms with Gasteiger partial charge >= 0.3 is 0 Å². The Morgan fingerprint density at radius 3 is 2.67 bits per heavy atom. The number of amides is 2. The summed E-state index contributed by atoms with van der Waals surface area (Å²) in [5.41, 5.74) is 0. The van der Waals surface area contributed by atoms with Crippen LogP contribution >= 0.6 is 0 Å². The fourth-order valence-corrected chi connectivity index (χ4v) is 4.10. The quantitative estimate of drug-likeness (QED) is 0.814. The average molecular weight is 294 g/mol. The number of aliphatic hydroxyl groups excluding tert-OH is 1. The number of hydrogen-bond donors (Lipinski definition) is 2. The maximum Gasteiger partial charge on any atom is 0.225 e. The second-order valence-electron chi connectivity index (χ2n) is 6.96. The van der Waals surface area contributed by atoms with Crippen LogP contribution in [-0.4, -0.2) is 47.1 Å². The van der Waals surface area contributed by atoms with Gasteiger partial charge in [-0.3, -0.25) is 9.59 Å². The van der Waals surface area contributed by atoms with Gasteiger partial charge in [-0.15, -0.1) is 0 Å². The summed E-state index contributed by atoms with van der Waals surface area (Å²) in [7, 11) is 0. The third-order valence-corrected chi connectivity index (χ3v) is 5.37. The van der Waals surface area contributed by atoms with Gasteiger partial charge in [-0.2, -0.15) is 0 Å². The average Bonchev–Trinajstić information content (AvgIpc) is 3.16. The van der Waals surface area contributed by atoms with Crippen molar-refractivity contribution in [2.45, 2.75) is 63.5 Å². The molecule has 5 heteroatoms. The van der Waals surface area contributed by atoms with Crippen LogP contribution in [0.15, 0.2) is 0 Å². The Morgan fingerprint density at radius 1 is 1.24 bits per heavy atom. The molecule has 0 radical (unpaired) electrons. The second kappa shape index (κ2) is 6.34. The molecule has 5 nitrogen and oxygen atoms in total. The lowest BCUT2D eigenvalue weighted by atomic mass is 10.1. The summed E-state index contributed by atoms with van der Waals surface area (Å²) in [6, 6.07) is 0.375. The minimum absolute atomic E-state index is 0.0187. The Balaban J connectivity index is 1.46. The Bertz CT molecular complexity index is 406. The zero-order valence-electron chi connectivity index (χ0n) is 12.6. The molecule has 1 heterocycles. The fourth-order valence-electron chi connectivity index (χ4n) is 4.10. The van der Waals surface area contributed by atoms with Gasteiger partial charge in [0.25, 0.3) is 0 Å². The van der Waals surface area contributed by atoms with E-state index in [1.165, 1.54) is 12.8 Å². The Labute approximate surface area is 126 Å². The van der Waals surface area contributed by atoms with E-state index in [-0.39, 0.29) is 23.8 Å². The molecule has 3 unspecified atom stereocenters. The van der Waals surface area contributed by atoms with Crippen LogP contribution in [0.4, 0.5) is 0 Å². The normalized spacial score (nSPS) is 33.9. The maximum atomic E-state index is 12.2. The molecule has 0 aromatic heterocycles. The molecule has 21 heavy (non-hydrogen) atoms. The summed E-state index contributed by atoms with van der Waals surface area (Å²) >= 11 is 0. The van der Waals surface area contributed by atoms with Crippen LogP contribution in [0, 0.1) is 11.8 Å². The number of carbonyl (C=O) groups is 2. The van der Waals surface area contributed by atoms with Gasteiger partial charge in [-0.25, -0.2) is 0 Å². The molecule has 3 aliphatic rings. The van der Waals surface area contributed by atoms with Crippen molar-refractivity contribution in [3.05, 3.63) is 0 Å². The van der Waals surface area contributed by atoms with Crippen molar-refractivity contribution in [3.63, 3.8) is 0 Å². The number of rotatable bonds is 4. The number of nitrogens with one attached hydrogen (secondary N) is 1. The molecule has 2 aliphatic carbocycles. The predicted molar refractivity (Wildman–Crippen MR) is 78.4 cm³/mol. The summed E-state index contributed by atoms with van der Waals surface area (Å²) < 4.78 is 0. The lowest BCUT2D eigenvalue weighted by Gasteiger charge is -2.24. The van der Waals surface area contributed by atoms with Crippen LogP contribution < -0.4 is 5.32 Å². The number of carbonyl (C=O) groups excluding carboxylic acids is 2. The highest BCUT2D eigenvalue weighted by Crippen LogP contribution is 2.30. The summed E-state index contributed by atoms with van der Waals surface area (Å²) in [6.45, 7) is 1.24. The van der Waals surface area contributed by atoms with Crippen molar-refractivity contribution in [1.29, 1.82) is 0 Å². The van der Waals surface area contributed by atoms with E-state index < -0.39 is 0 Å². The van der Waals surface area contributed by atoms with Crippen molar-refractivity contribution in [1.82, 2.24) is 10.2 Å². The topological polar surface area (TPSA) is 69.6 Å². The molecule has 0 spiro atoms. The smallest absolute Gasteiger partial charge is 0.225 e. The molecule has 1 aliphatic heterocycles. The van der Waals surface area contributed by atoms with Gasteiger partial charge in [0.2, 0.25) is 11.8 Å². The molecule has 2 N–H and O–H groups in total. The van der Waals surface area contributed by atoms with E-state index in [1.54, 1.807) is 0 Å². The molecule has 0 aromatic carbocycles. The number of hydrogen-bond acceptors (Lipinski definition) is 3. The van der Waals surface area contributed by atoms with Crippen LogP contribution in [0.3, 0.4) is 0 Å². The van der Waals surface area contributed by atoms with Gasteiger partial charge in [-0.1, -0.05) is 12.8 Å². The van der Waals surface area contributed by atoms with Gasteiger partial charge in [0.1, 0.15) is 0 Å². The summed E-state index contributed by atoms with van der Waals surface area (Å²) in [4.78, 5) is 26.3. The van der Waals surface area contributed by atoms with E-state index in [0.717, 1.165) is 32.1 Å². The molecule has 3 rings (SSSR count). The van der Waals surface area contributed by atoms with Gasteiger partial charge < -0.3 is 15.3 Å². The molecule has 3 atom stereocenters. The van der Waals surface area contributed by atoms with Gasteiger partial charge in [0.05, 0.1) is 12.0 Å². The van der Waals surface area contributed by atoms with E-state index in [4.69, 9.17) is 0 Å². The molecule has 2 saturated carbocycles. The monoisotopic (exact) mass is 294 g/mol.